The van der Waals surface area contributed by atoms with Crippen molar-refractivity contribution in [2.75, 3.05) is 6.54 Å². The Morgan fingerprint density at radius 2 is 1.76 bits per heavy atom. The fourth-order valence-corrected chi connectivity index (χ4v) is 2.01. The van der Waals surface area contributed by atoms with Crippen LogP contribution in [0, 0.1) is 17.2 Å². The van der Waals surface area contributed by atoms with Gasteiger partial charge in [-0.05, 0) is 11.1 Å². The van der Waals surface area contributed by atoms with E-state index in [1.54, 1.807) is 4.90 Å². The van der Waals surface area contributed by atoms with E-state index in [0.29, 0.717) is 13.1 Å². The number of halogens is 3. The van der Waals surface area contributed by atoms with Crippen molar-refractivity contribution in [3.63, 3.8) is 0 Å². The predicted octanol–water partition coefficient (Wildman–Crippen LogP) is 2.70. The van der Waals surface area contributed by atoms with Gasteiger partial charge in [-0.15, -0.1) is 0 Å². The molecule has 1 unspecified atom stereocenters. The van der Waals surface area contributed by atoms with E-state index in [2.05, 4.69) is 0 Å². The van der Waals surface area contributed by atoms with E-state index in [9.17, 15) is 13.2 Å². The molecule has 0 bridgehead atoms. The van der Waals surface area contributed by atoms with Crippen molar-refractivity contribution in [2.45, 2.75) is 19.3 Å². The van der Waals surface area contributed by atoms with Crippen molar-refractivity contribution < 1.29 is 13.2 Å². The first-order chi connectivity index (χ1) is 8.00. The molecule has 0 aromatic heterocycles. The van der Waals surface area contributed by atoms with E-state index in [0.717, 1.165) is 11.1 Å². The molecule has 0 N–H and O–H groups in total. The van der Waals surface area contributed by atoms with Gasteiger partial charge in [0.25, 0.3) is 0 Å². The largest absolute Gasteiger partial charge is 0.405 e. The first-order valence-electron chi connectivity index (χ1n) is 5.26. The summed E-state index contributed by atoms with van der Waals surface area (Å²) < 4.78 is 37.4. The second-order valence-electron chi connectivity index (χ2n) is 4.16. The molecule has 90 valence electrons. The lowest BCUT2D eigenvalue weighted by molar-refractivity contribution is -0.163. The molecule has 0 saturated carbocycles. The Labute approximate surface area is 97.3 Å². The van der Waals surface area contributed by atoms with Crippen LogP contribution in [0.15, 0.2) is 24.3 Å². The van der Waals surface area contributed by atoms with Crippen LogP contribution in [0.2, 0.25) is 0 Å². The number of nitriles is 1. The molecule has 2 rings (SSSR count). The summed E-state index contributed by atoms with van der Waals surface area (Å²) in [5.74, 6) is -1.91. The fraction of sp³-hybridized carbons (Fsp3) is 0.417. The summed E-state index contributed by atoms with van der Waals surface area (Å²) in [5.41, 5.74) is 2.10. The Bertz CT molecular complexity index is 423. The van der Waals surface area contributed by atoms with E-state index >= 15 is 0 Å². The topological polar surface area (TPSA) is 27.0 Å². The van der Waals surface area contributed by atoms with Crippen LogP contribution in [0.25, 0.3) is 0 Å². The Morgan fingerprint density at radius 3 is 2.18 bits per heavy atom. The Kier molecular flexibility index (Phi) is 3.07. The Hall–Kier alpha value is -1.54. The van der Waals surface area contributed by atoms with Crippen LogP contribution in [0.4, 0.5) is 13.2 Å². The van der Waals surface area contributed by atoms with Crippen LogP contribution in [-0.4, -0.2) is 17.6 Å². The highest BCUT2D eigenvalue weighted by Crippen LogP contribution is 2.29. The molecule has 1 heterocycles. The minimum Gasteiger partial charge on any atom is -0.293 e. The Morgan fingerprint density at radius 1 is 1.24 bits per heavy atom. The average molecular weight is 240 g/mol. The van der Waals surface area contributed by atoms with Gasteiger partial charge in [-0.2, -0.15) is 18.4 Å². The summed E-state index contributed by atoms with van der Waals surface area (Å²) in [6.45, 7) is 0.726. The Balaban J connectivity index is 2.03. The second kappa shape index (κ2) is 4.38. The number of hydrogen-bond acceptors (Lipinski definition) is 2. The number of nitrogens with zero attached hydrogens (tertiary/aromatic N) is 2. The predicted molar refractivity (Wildman–Crippen MR) is 55.7 cm³/mol. The third kappa shape index (κ3) is 2.59. The molecule has 1 aliphatic heterocycles. The number of alkyl halides is 3. The number of benzene rings is 1. The van der Waals surface area contributed by atoms with E-state index in [1.807, 2.05) is 24.3 Å². The molecule has 0 saturated heterocycles. The maximum absolute atomic E-state index is 12.5. The molecule has 5 heteroatoms. The lowest BCUT2D eigenvalue weighted by atomic mass is 10.1. The fourth-order valence-electron chi connectivity index (χ4n) is 2.01. The molecule has 1 aromatic carbocycles. The molecule has 0 aliphatic carbocycles. The minimum atomic E-state index is -4.44. The van der Waals surface area contributed by atoms with Crippen molar-refractivity contribution in [3.8, 4) is 6.07 Å². The maximum Gasteiger partial charge on any atom is 0.405 e. The number of fused-ring (bicyclic) bond motifs is 1. The lowest BCUT2D eigenvalue weighted by Gasteiger charge is -2.20. The van der Waals surface area contributed by atoms with Gasteiger partial charge < -0.3 is 0 Å². The maximum atomic E-state index is 12.5. The molecule has 0 spiro atoms. The van der Waals surface area contributed by atoms with E-state index in [-0.39, 0.29) is 6.54 Å². The average Bonchev–Trinajstić information content (AvgIpc) is 2.66. The van der Waals surface area contributed by atoms with E-state index in [1.165, 1.54) is 6.07 Å². The summed E-state index contributed by atoms with van der Waals surface area (Å²) in [5, 5.41) is 8.54. The highest BCUT2D eigenvalue weighted by molar-refractivity contribution is 5.30. The molecule has 0 fully saturated rings. The quantitative estimate of drug-likeness (QED) is 0.794. The molecule has 1 aromatic rings. The van der Waals surface area contributed by atoms with Crippen LogP contribution in [0.1, 0.15) is 11.1 Å². The van der Waals surface area contributed by atoms with Gasteiger partial charge in [0, 0.05) is 19.6 Å². The van der Waals surface area contributed by atoms with Crippen molar-refractivity contribution >= 4 is 0 Å². The van der Waals surface area contributed by atoms with Gasteiger partial charge in [0.2, 0.25) is 0 Å². The van der Waals surface area contributed by atoms with Gasteiger partial charge in [0.1, 0.15) is 0 Å². The molecular weight excluding hydrogens is 229 g/mol. The van der Waals surface area contributed by atoms with Crippen LogP contribution >= 0.6 is 0 Å². The van der Waals surface area contributed by atoms with Crippen molar-refractivity contribution in [2.24, 2.45) is 5.92 Å². The van der Waals surface area contributed by atoms with Gasteiger partial charge in [0.05, 0.1) is 6.07 Å². The first kappa shape index (κ1) is 11.9. The van der Waals surface area contributed by atoms with Crippen molar-refractivity contribution in [3.05, 3.63) is 35.4 Å². The zero-order chi connectivity index (χ0) is 12.5. The van der Waals surface area contributed by atoms with Crippen LogP contribution < -0.4 is 0 Å². The highest BCUT2D eigenvalue weighted by atomic mass is 19.4. The molecule has 0 radical (unpaired) electrons. The third-order valence-corrected chi connectivity index (χ3v) is 2.90. The van der Waals surface area contributed by atoms with Gasteiger partial charge in [-0.3, -0.25) is 4.90 Å². The molecular formula is C12H11F3N2. The molecule has 0 amide bonds. The smallest absolute Gasteiger partial charge is 0.293 e. The van der Waals surface area contributed by atoms with E-state index < -0.39 is 12.1 Å². The monoisotopic (exact) mass is 240 g/mol. The number of hydrogen-bond donors (Lipinski definition) is 0. The summed E-state index contributed by atoms with van der Waals surface area (Å²) in [4.78, 5) is 1.66. The van der Waals surface area contributed by atoms with Crippen LogP contribution in [-0.2, 0) is 13.1 Å². The van der Waals surface area contributed by atoms with Crippen LogP contribution in [0.5, 0.6) is 0 Å². The second-order valence-corrected chi connectivity index (χ2v) is 4.16. The van der Waals surface area contributed by atoms with Gasteiger partial charge >= 0.3 is 6.18 Å². The van der Waals surface area contributed by atoms with Gasteiger partial charge in [-0.25, -0.2) is 0 Å². The molecule has 2 nitrogen and oxygen atoms in total. The summed E-state index contributed by atoms with van der Waals surface area (Å²) in [6, 6.07) is 8.88. The summed E-state index contributed by atoms with van der Waals surface area (Å²) >= 11 is 0. The molecule has 1 atom stereocenters. The summed E-state index contributed by atoms with van der Waals surface area (Å²) in [7, 11) is 0. The van der Waals surface area contributed by atoms with Gasteiger partial charge in [-0.1, -0.05) is 24.3 Å². The standard InChI is InChI=1S/C12H11F3N2/c13-12(14,15)11(5-16)8-17-6-9-3-1-2-4-10(9)7-17/h1-4,11H,6-8H2. The zero-order valence-corrected chi connectivity index (χ0v) is 9.04. The first-order valence-corrected chi connectivity index (χ1v) is 5.26. The normalized spacial score (nSPS) is 17.5. The summed E-state index contributed by atoms with van der Waals surface area (Å²) in [6.07, 6.45) is -4.44. The lowest BCUT2D eigenvalue weighted by Crippen LogP contribution is -2.33. The zero-order valence-electron chi connectivity index (χ0n) is 9.04. The third-order valence-electron chi connectivity index (χ3n) is 2.90. The van der Waals surface area contributed by atoms with Crippen molar-refractivity contribution in [1.29, 1.82) is 5.26 Å². The SMILES string of the molecule is N#CC(CN1Cc2ccccc2C1)C(F)(F)F. The van der Waals surface area contributed by atoms with Crippen LogP contribution in [0.3, 0.4) is 0 Å². The van der Waals surface area contributed by atoms with Gasteiger partial charge in [0.15, 0.2) is 5.92 Å². The molecule has 17 heavy (non-hydrogen) atoms. The van der Waals surface area contributed by atoms with E-state index in [4.69, 9.17) is 5.26 Å². The minimum absolute atomic E-state index is 0.255. The molecule has 1 aliphatic rings. The van der Waals surface area contributed by atoms with Crippen molar-refractivity contribution in [1.82, 2.24) is 4.90 Å². The highest BCUT2D eigenvalue weighted by Gasteiger charge is 2.41. The number of rotatable bonds is 2.